The molecule has 7 heteroatoms. The number of rotatable bonds is 7. The number of benzene rings is 1. The fourth-order valence-electron chi connectivity index (χ4n) is 5.06. The molecule has 1 N–H and O–H groups in total. The molecule has 0 aliphatic heterocycles. The number of carbonyl (C=O) groups excluding carboxylic acids is 1. The van der Waals surface area contributed by atoms with E-state index in [1.807, 2.05) is 6.07 Å². The summed E-state index contributed by atoms with van der Waals surface area (Å²) in [6, 6.07) is 7.84. The van der Waals surface area contributed by atoms with Gasteiger partial charge in [0, 0.05) is 12.1 Å². The molecule has 6 nitrogen and oxygen atoms in total. The molecular weight excluding hydrogens is 374 g/mol. The Morgan fingerprint density at radius 2 is 1.93 bits per heavy atom. The maximum atomic E-state index is 13.1. The fraction of sp³-hybridized carbons (Fsp3) is 0.619. The molecule has 0 heterocycles. The van der Waals surface area contributed by atoms with Gasteiger partial charge in [-0.05, 0) is 81.0 Å². The summed E-state index contributed by atoms with van der Waals surface area (Å²) in [6.45, 7) is 1.91. The van der Waals surface area contributed by atoms with E-state index < -0.39 is 10.0 Å². The number of sulfonamides is 1. The average Bonchev–Trinajstić information content (AvgIpc) is 3.29. The number of hydrogen-bond acceptors (Lipinski definition) is 4. The molecule has 0 saturated heterocycles. The number of nitrogens with one attached hydrogen (secondary N) is 1. The topological polar surface area (TPSA) is 90.3 Å². The molecule has 150 valence electrons. The smallest absolute Gasteiger partial charge is 0.243 e. The second kappa shape index (κ2) is 7.49. The van der Waals surface area contributed by atoms with Gasteiger partial charge in [0.1, 0.15) is 0 Å². The van der Waals surface area contributed by atoms with Crippen molar-refractivity contribution in [3.63, 3.8) is 0 Å². The van der Waals surface area contributed by atoms with Crippen molar-refractivity contribution in [2.45, 2.75) is 62.4 Å². The molecule has 3 aliphatic rings. The van der Waals surface area contributed by atoms with Crippen LogP contribution in [0.15, 0.2) is 29.2 Å². The highest BCUT2D eigenvalue weighted by Gasteiger charge is 2.43. The maximum Gasteiger partial charge on any atom is 0.243 e. The Morgan fingerprint density at radius 1 is 1.21 bits per heavy atom. The first-order valence-electron chi connectivity index (χ1n) is 10.2. The largest absolute Gasteiger partial charge is 0.352 e. The molecule has 1 aromatic carbocycles. The van der Waals surface area contributed by atoms with Gasteiger partial charge >= 0.3 is 0 Å². The molecule has 4 atom stereocenters. The third kappa shape index (κ3) is 3.81. The second-order valence-electron chi connectivity index (χ2n) is 8.61. The van der Waals surface area contributed by atoms with Crippen molar-refractivity contribution < 1.29 is 13.2 Å². The molecule has 2 bridgehead atoms. The van der Waals surface area contributed by atoms with E-state index in [9.17, 15) is 13.2 Å². The quantitative estimate of drug-likeness (QED) is 0.760. The fourth-order valence-corrected chi connectivity index (χ4v) is 6.71. The molecule has 1 aromatic rings. The van der Waals surface area contributed by atoms with Crippen LogP contribution >= 0.6 is 0 Å². The Labute approximate surface area is 167 Å². The van der Waals surface area contributed by atoms with Gasteiger partial charge in [0.05, 0.1) is 23.1 Å². The van der Waals surface area contributed by atoms with E-state index in [1.165, 1.54) is 54.3 Å². The Hall–Kier alpha value is -1.91. The minimum Gasteiger partial charge on any atom is -0.352 e. The first-order valence-corrected chi connectivity index (χ1v) is 11.6. The normalized spacial score (nSPS) is 27.5. The highest BCUT2D eigenvalue weighted by atomic mass is 32.2. The molecule has 1 amide bonds. The van der Waals surface area contributed by atoms with Crippen LogP contribution in [0.5, 0.6) is 0 Å². The molecule has 0 radical (unpaired) electrons. The van der Waals surface area contributed by atoms with E-state index >= 15 is 0 Å². The summed E-state index contributed by atoms with van der Waals surface area (Å²) < 4.78 is 27.4. The summed E-state index contributed by atoms with van der Waals surface area (Å²) >= 11 is 0. The van der Waals surface area contributed by atoms with E-state index in [1.54, 1.807) is 0 Å². The van der Waals surface area contributed by atoms with Gasteiger partial charge in [-0.15, -0.1) is 0 Å². The number of amides is 1. The van der Waals surface area contributed by atoms with Crippen LogP contribution < -0.4 is 5.32 Å². The van der Waals surface area contributed by atoms with Crippen LogP contribution in [0.1, 0.15) is 51.0 Å². The SMILES string of the molecule is C[C@@H](NC(=O)CN(C1CC1)S(=O)(=O)c1ccc(C#N)cc1)[C@@H]1C[C@H]2CC[C@H]1C2. The summed E-state index contributed by atoms with van der Waals surface area (Å²) in [5.74, 6) is 1.82. The van der Waals surface area contributed by atoms with Gasteiger partial charge in [0.2, 0.25) is 15.9 Å². The van der Waals surface area contributed by atoms with Crippen molar-refractivity contribution in [1.29, 1.82) is 5.26 Å². The first-order chi connectivity index (χ1) is 13.4. The van der Waals surface area contributed by atoms with Gasteiger partial charge < -0.3 is 5.32 Å². The third-order valence-corrected chi connectivity index (χ3v) is 8.58. The number of nitriles is 1. The zero-order valence-electron chi connectivity index (χ0n) is 16.2. The van der Waals surface area contributed by atoms with E-state index in [2.05, 4.69) is 12.2 Å². The van der Waals surface area contributed by atoms with Crippen LogP contribution in [0.4, 0.5) is 0 Å². The van der Waals surface area contributed by atoms with Crippen molar-refractivity contribution in [3.8, 4) is 6.07 Å². The van der Waals surface area contributed by atoms with Crippen LogP contribution in [0.3, 0.4) is 0 Å². The van der Waals surface area contributed by atoms with Gasteiger partial charge in [0.25, 0.3) is 0 Å². The number of carbonyl (C=O) groups is 1. The number of nitrogens with zero attached hydrogens (tertiary/aromatic N) is 2. The van der Waals surface area contributed by atoms with Crippen molar-refractivity contribution in [2.24, 2.45) is 17.8 Å². The van der Waals surface area contributed by atoms with Gasteiger partial charge in [-0.1, -0.05) is 6.42 Å². The van der Waals surface area contributed by atoms with Crippen LogP contribution in [0.2, 0.25) is 0 Å². The summed E-state index contributed by atoms with van der Waals surface area (Å²) in [5.41, 5.74) is 0.411. The first kappa shape index (κ1) is 19.4. The minimum absolute atomic E-state index is 0.0847. The van der Waals surface area contributed by atoms with Crippen LogP contribution in [0, 0.1) is 29.1 Å². The van der Waals surface area contributed by atoms with Crippen molar-refractivity contribution in [1.82, 2.24) is 9.62 Å². The average molecular weight is 402 g/mol. The van der Waals surface area contributed by atoms with Crippen molar-refractivity contribution in [2.75, 3.05) is 6.54 Å². The van der Waals surface area contributed by atoms with Gasteiger partial charge in [0.15, 0.2) is 0 Å². The molecule has 0 spiro atoms. The van der Waals surface area contributed by atoms with E-state index in [4.69, 9.17) is 5.26 Å². The summed E-state index contributed by atoms with van der Waals surface area (Å²) in [5, 5.41) is 12.0. The predicted octanol–water partition coefficient (Wildman–Crippen LogP) is 2.65. The zero-order chi connectivity index (χ0) is 19.9. The zero-order valence-corrected chi connectivity index (χ0v) is 17.0. The highest BCUT2D eigenvalue weighted by molar-refractivity contribution is 7.89. The lowest BCUT2D eigenvalue weighted by atomic mass is 9.84. The molecule has 4 rings (SSSR count). The Balaban J connectivity index is 1.43. The van der Waals surface area contributed by atoms with Crippen LogP contribution in [0.25, 0.3) is 0 Å². The molecular formula is C21H27N3O3S. The molecule has 0 aromatic heterocycles. The van der Waals surface area contributed by atoms with E-state index in [0.29, 0.717) is 17.4 Å². The second-order valence-corrected chi connectivity index (χ2v) is 10.5. The van der Waals surface area contributed by atoms with Gasteiger partial charge in [-0.2, -0.15) is 9.57 Å². The standard InChI is InChI=1S/C21H27N3O3S/c1-14(20-11-16-2-5-17(20)10-16)23-21(25)13-24(18-6-7-18)28(26,27)19-8-3-15(12-22)4-9-19/h3-4,8-9,14,16-18,20H,2,5-7,10-11,13H2,1H3,(H,23,25)/t14-,16+,17+,20+/m1/s1. The van der Waals surface area contributed by atoms with Crippen molar-refractivity contribution in [3.05, 3.63) is 29.8 Å². The van der Waals surface area contributed by atoms with Gasteiger partial charge in [-0.25, -0.2) is 8.42 Å². The number of hydrogen-bond donors (Lipinski definition) is 1. The molecule has 28 heavy (non-hydrogen) atoms. The molecule has 3 aliphatic carbocycles. The van der Waals surface area contributed by atoms with Crippen LogP contribution in [-0.2, 0) is 14.8 Å². The lowest BCUT2D eigenvalue weighted by Gasteiger charge is -2.29. The summed E-state index contributed by atoms with van der Waals surface area (Å²) in [6.07, 6.45) is 6.61. The van der Waals surface area contributed by atoms with E-state index in [0.717, 1.165) is 18.8 Å². The predicted molar refractivity (Wildman–Crippen MR) is 105 cm³/mol. The molecule has 3 saturated carbocycles. The Bertz CT molecular complexity index is 886. The Morgan fingerprint density at radius 3 is 2.46 bits per heavy atom. The summed E-state index contributed by atoms with van der Waals surface area (Å²) in [7, 11) is -3.76. The lowest BCUT2D eigenvalue weighted by Crippen LogP contribution is -2.47. The molecule has 3 fully saturated rings. The van der Waals surface area contributed by atoms with Gasteiger partial charge in [-0.3, -0.25) is 4.79 Å². The van der Waals surface area contributed by atoms with E-state index in [-0.39, 0.29) is 29.4 Å². The monoisotopic (exact) mass is 401 g/mol. The van der Waals surface area contributed by atoms with Crippen molar-refractivity contribution >= 4 is 15.9 Å². The minimum atomic E-state index is -3.76. The summed E-state index contributed by atoms with van der Waals surface area (Å²) in [4.78, 5) is 12.8. The lowest BCUT2D eigenvalue weighted by molar-refractivity contribution is -0.122. The maximum absolute atomic E-state index is 13.1. The Kier molecular flexibility index (Phi) is 5.19. The third-order valence-electron chi connectivity index (χ3n) is 6.67. The van der Waals surface area contributed by atoms with Crippen LogP contribution in [-0.4, -0.2) is 37.3 Å². The highest BCUT2D eigenvalue weighted by Crippen LogP contribution is 2.49. The molecule has 0 unspecified atom stereocenters. The number of fused-ring (bicyclic) bond motifs is 2.